The first kappa shape index (κ1) is 12.7. The van der Waals surface area contributed by atoms with Crippen molar-refractivity contribution in [2.24, 2.45) is 0 Å². The molecule has 0 saturated carbocycles. The number of carbonyl (C=O) groups is 1. The van der Waals surface area contributed by atoms with E-state index in [1.807, 2.05) is 6.07 Å². The summed E-state index contributed by atoms with van der Waals surface area (Å²) in [6, 6.07) is 13.6. The van der Waals surface area contributed by atoms with Gasteiger partial charge in [-0.25, -0.2) is 4.79 Å². The molecule has 0 amide bonds. The summed E-state index contributed by atoms with van der Waals surface area (Å²) in [7, 11) is 0. The Morgan fingerprint density at radius 3 is 2.63 bits per heavy atom. The molecule has 0 atom stereocenters. The Balaban J connectivity index is 2.49. The molecule has 2 aromatic carbocycles. The summed E-state index contributed by atoms with van der Waals surface area (Å²) in [5, 5.41) is 18.1. The van der Waals surface area contributed by atoms with Gasteiger partial charge in [-0.2, -0.15) is 5.26 Å². The molecule has 0 aromatic heterocycles. The number of nitriles is 1. The average molecular weight is 253 g/mol. The van der Waals surface area contributed by atoms with E-state index in [1.54, 1.807) is 43.3 Å². The van der Waals surface area contributed by atoms with Crippen LogP contribution in [0, 0.1) is 18.3 Å². The second-order valence-corrected chi connectivity index (χ2v) is 3.97. The van der Waals surface area contributed by atoms with Gasteiger partial charge in [-0.3, -0.25) is 0 Å². The van der Waals surface area contributed by atoms with E-state index < -0.39 is 5.97 Å². The highest BCUT2D eigenvalue weighted by Crippen LogP contribution is 2.30. The summed E-state index contributed by atoms with van der Waals surface area (Å²) in [6.45, 7) is 1.81. The van der Waals surface area contributed by atoms with Crippen LogP contribution in [-0.4, -0.2) is 11.1 Å². The molecule has 0 radical (unpaired) electrons. The van der Waals surface area contributed by atoms with Crippen molar-refractivity contribution >= 4 is 5.97 Å². The second kappa shape index (κ2) is 5.23. The molecule has 0 heterocycles. The molecule has 0 aliphatic carbocycles. The minimum atomic E-state index is -1.07. The molecule has 0 saturated heterocycles. The van der Waals surface area contributed by atoms with E-state index in [1.165, 1.54) is 6.07 Å². The summed E-state index contributed by atoms with van der Waals surface area (Å²) in [4.78, 5) is 11.1. The Labute approximate surface area is 110 Å². The lowest BCUT2D eigenvalue weighted by molar-refractivity contribution is 0.0694. The molecule has 0 aliphatic rings. The van der Waals surface area contributed by atoms with Crippen molar-refractivity contribution in [3.8, 4) is 17.6 Å². The Hall–Kier alpha value is -2.80. The van der Waals surface area contributed by atoms with Crippen molar-refractivity contribution in [1.82, 2.24) is 0 Å². The smallest absolute Gasteiger partial charge is 0.339 e. The van der Waals surface area contributed by atoms with Crippen molar-refractivity contribution in [1.29, 1.82) is 5.26 Å². The van der Waals surface area contributed by atoms with Crippen molar-refractivity contribution < 1.29 is 14.6 Å². The molecule has 2 rings (SSSR count). The van der Waals surface area contributed by atoms with Gasteiger partial charge >= 0.3 is 5.97 Å². The highest BCUT2D eigenvalue weighted by atomic mass is 16.5. The number of nitrogens with zero attached hydrogens (tertiary/aromatic N) is 1. The number of aryl methyl sites for hydroxylation is 1. The number of carboxylic acid groups (broad SMARTS) is 1. The SMILES string of the molecule is Cc1cccc(C#N)c1Oc1ccccc1C(=O)O. The van der Waals surface area contributed by atoms with Crippen LogP contribution in [-0.2, 0) is 0 Å². The predicted octanol–water partition coefficient (Wildman–Crippen LogP) is 3.36. The highest BCUT2D eigenvalue weighted by Gasteiger charge is 2.14. The fourth-order valence-corrected chi connectivity index (χ4v) is 1.72. The first-order valence-corrected chi connectivity index (χ1v) is 5.63. The summed E-state index contributed by atoms with van der Waals surface area (Å²) in [5.74, 6) is -0.456. The number of ether oxygens (including phenoxy) is 1. The molecule has 0 bridgehead atoms. The molecule has 2 aromatic rings. The maximum absolute atomic E-state index is 11.1. The van der Waals surface area contributed by atoms with Crippen molar-refractivity contribution in [3.05, 3.63) is 59.2 Å². The van der Waals surface area contributed by atoms with Gasteiger partial charge in [0.05, 0.1) is 5.56 Å². The largest absolute Gasteiger partial charge is 0.478 e. The first-order chi connectivity index (χ1) is 9.13. The minimum Gasteiger partial charge on any atom is -0.478 e. The number of benzene rings is 2. The van der Waals surface area contributed by atoms with E-state index in [2.05, 4.69) is 0 Å². The molecule has 19 heavy (non-hydrogen) atoms. The molecule has 4 nitrogen and oxygen atoms in total. The Bertz CT molecular complexity index is 671. The van der Waals surface area contributed by atoms with E-state index in [4.69, 9.17) is 15.1 Å². The lowest BCUT2D eigenvalue weighted by Gasteiger charge is -2.12. The fourth-order valence-electron chi connectivity index (χ4n) is 1.72. The van der Waals surface area contributed by atoms with Gasteiger partial charge in [-0.1, -0.05) is 24.3 Å². The molecule has 0 unspecified atom stereocenters. The number of para-hydroxylation sites is 2. The van der Waals surface area contributed by atoms with Crippen LogP contribution in [0.15, 0.2) is 42.5 Å². The summed E-state index contributed by atoms with van der Waals surface area (Å²) < 4.78 is 5.62. The van der Waals surface area contributed by atoms with Crippen LogP contribution in [0.1, 0.15) is 21.5 Å². The Kier molecular flexibility index (Phi) is 3.48. The van der Waals surface area contributed by atoms with Crippen LogP contribution in [0.4, 0.5) is 0 Å². The second-order valence-electron chi connectivity index (χ2n) is 3.97. The quantitative estimate of drug-likeness (QED) is 0.910. The van der Waals surface area contributed by atoms with Gasteiger partial charge in [0.15, 0.2) is 0 Å². The Morgan fingerprint density at radius 2 is 1.95 bits per heavy atom. The number of aromatic carboxylic acids is 1. The molecule has 0 fully saturated rings. The molecule has 1 N–H and O–H groups in total. The van der Waals surface area contributed by atoms with Gasteiger partial charge in [0.2, 0.25) is 0 Å². The summed E-state index contributed by atoms with van der Waals surface area (Å²) in [5.41, 5.74) is 1.22. The van der Waals surface area contributed by atoms with Crippen LogP contribution in [0.25, 0.3) is 0 Å². The fraction of sp³-hybridized carbons (Fsp3) is 0.0667. The van der Waals surface area contributed by atoms with Gasteiger partial charge in [0.1, 0.15) is 23.1 Å². The zero-order valence-corrected chi connectivity index (χ0v) is 10.3. The van der Waals surface area contributed by atoms with Gasteiger partial charge in [-0.05, 0) is 30.7 Å². The topological polar surface area (TPSA) is 70.3 Å². The van der Waals surface area contributed by atoms with E-state index in [0.717, 1.165) is 5.56 Å². The van der Waals surface area contributed by atoms with E-state index in [0.29, 0.717) is 11.3 Å². The zero-order valence-electron chi connectivity index (χ0n) is 10.3. The number of carboxylic acids is 1. The lowest BCUT2D eigenvalue weighted by atomic mass is 10.1. The van der Waals surface area contributed by atoms with Gasteiger partial charge < -0.3 is 9.84 Å². The van der Waals surface area contributed by atoms with E-state index in [-0.39, 0.29) is 11.3 Å². The molecule has 94 valence electrons. The standard InChI is InChI=1S/C15H11NO3/c1-10-5-4-6-11(9-16)14(10)19-13-8-3-2-7-12(13)15(17)18/h2-8H,1H3,(H,17,18). The van der Waals surface area contributed by atoms with E-state index in [9.17, 15) is 4.79 Å². The highest BCUT2D eigenvalue weighted by molar-refractivity contribution is 5.91. The maximum atomic E-state index is 11.1. The third-order valence-electron chi connectivity index (χ3n) is 2.66. The van der Waals surface area contributed by atoms with Crippen LogP contribution in [0.2, 0.25) is 0 Å². The number of hydrogen-bond acceptors (Lipinski definition) is 3. The maximum Gasteiger partial charge on any atom is 0.339 e. The molecule has 4 heteroatoms. The molecule has 0 aliphatic heterocycles. The minimum absolute atomic E-state index is 0.0645. The first-order valence-electron chi connectivity index (χ1n) is 5.63. The number of hydrogen-bond donors (Lipinski definition) is 1. The van der Waals surface area contributed by atoms with Crippen LogP contribution < -0.4 is 4.74 Å². The van der Waals surface area contributed by atoms with E-state index >= 15 is 0 Å². The van der Waals surface area contributed by atoms with Gasteiger partial charge in [0, 0.05) is 0 Å². The molecular weight excluding hydrogens is 242 g/mol. The Morgan fingerprint density at radius 1 is 1.21 bits per heavy atom. The molecular formula is C15H11NO3. The predicted molar refractivity (Wildman–Crippen MR) is 69.4 cm³/mol. The summed E-state index contributed by atoms with van der Waals surface area (Å²) in [6.07, 6.45) is 0. The summed E-state index contributed by atoms with van der Waals surface area (Å²) >= 11 is 0. The van der Waals surface area contributed by atoms with Gasteiger partial charge in [0.25, 0.3) is 0 Å². The third kappa shape index (κ3) is 2.55. The van der Waals surface area contributed by atoms with Crippen molar-refractivity contribution in [2.75, 3.05) is 0 Å². The van der Waals surface area contributed by atoms with Crippen molar-refractivity contribution in [3.63, 3.8) is 0 Å². The monoisotopic (exact) mass is 253 g/mol. The van der Waals surface area contributed by atoms with Crippen LogP contribution in [0.3, 0.4) is 0 Å². The van der Waals surface area contributed by atoms with Crippen LogP contribution in [0.5, 0.6) is 11.5 Å². The lowest BCUT2D eigenvalue weighted by Crippen LogP contribution is -2.01. The van der Waals surface area contributed by atoms with Crippen LogP contribution >= 0.6 is 0 Å². The average Bonchev–Trinajstić information content (AvgIpc) is 2.41. The number of rotatable bonds is 3. The molecule has 0 spiro atoms. The van der Waals surface area contributed by atoms with Crippen molar-refractivity contribution in [2.45, 2.75) is 6.92 Å². The normalized spacial score (nSPS) is 9.68. The third-order valence-corrected chi connectivity index (χ3v) is 2.66. The van der Waals surface area contributed by atoms with Gasteiger partial charge in [-0.15, -0.1) is 0 Å². The zero-order chi connectivity index (χ0) is 13.8.